The Bertz CT molecular complexity index is 474. The van der Waals surface area contributed by atoms with Crippen molar-refractivity contribution in [3.05, 3.63) is 48.2 Å². The van der Waals surface area contributed by atoms with Gasteiger partial charge in [-0.15, -0.1) is 0 Å². The lowest BCUT2D eigenvalue weighted by Gasteiger charge is -2.11. The standard InChI is InChI=1S/C16H20O4/c1-5-19-16(18)20-10-12(4)15(17)14-8-6-13(7-9-14)11(2)3/h5-9,11-12H,1,10H2,2-4H3. The lowest BCUT2D eigenvalue weighted by Crippen LogP contribution is -2.19. The molecule has 1 unspecified atom stereocenters. The molecule has 1 atom stereocenters. The van der Waals surface area contributed by atoms with Gasteiger partial charge in [0.1, 0.15) is 6.61 Å². The van der Waals surface area contributed by atoms with Crippen LogP contribution in [-0.2, 0) is 9.47 Å². The first-order valence-corrected chi connectivity index (χ1v) is 6.54. The molecule has 4 heteroatoms. The van der Waals surface area contributed by atoms with Gasteiger partial charge in [-0.2, -0.15) is 0 Å². The number of rotatable bonds is 6. The van der Waals surface area contributed by atoms with E-state index in [4.69, 9.17) is 4.74 Å². The predicted octanol–water partition coefficient (Wildman–Crippen LogP) is 3.93. The molecule has 0 fully saturated rings. The predicted molar refractivity (Wildman–Crippen MR) is 76.7 cm³/mol. The molecular weight excluding hydrogens is 256 g/mol. The molecule has 0 saturated carbocycles. The fourth-order valence-electron chi connectivity index (χ4n) is 1.69. The second-order valence-electron chi connectivity index (χ2n) is 4.89. The van der Waals surface area contributed by atoms with E-state index in [-0.39, 0.29) is 12.4 Å². The number of carbonyl (C=O) groups is 2. The SMILES string of the molecule is C=COC(=O)OCC(C)C(=O)c1ccc(C(C)C)cc1. The molecule has 1 aromatic carbocycles. The van der Waals surface area contributed by atoms with E-state index in [1.165, 1.54) is 5.56 Å². The van der Waals surface area contributed by atoms with Gasteiger partial charge in [0.05, 0.1) is 12.2 Å². The fraction of sp³-hybridized carbons (Fsp3) is 0.375. The molecule has 20 heavy (non-hydrogen) atoms. The van der Waals surface area contributed by atoms with Gasteiger partial charge in [-0.3, -0.25) is 4.79 Å². The summed E-state index contributed by atoms with van der Waals surface area (Å²) >= 11 is 0. The Hall–Kier alpha value is -2.10. The summed E-state index contributed by atoms with van der Waals surface area (Å²) < 4.78 is 9.21. The molecule has 0 aliphatic rings. The number of carbonyl (C=O) groups excluding carboxylic acids is 2. The minimum absolute atomic E-state index is 0.0164. The molecule has 0 aromatic heterocycles. The largest absolute Gasteiger partial charge is 0.513 e. The van der Waals surface area contributed by atoms with E-state index in [1.807, 2.05) is 12.1 Å². The lowest BCUT2D eigenvalue weighted by atomic mass is 9.96. The number of hydrogen-bond acceptors (Lipinski definition) is 4. The normalized spacial score (nSPS) is 11.8. The Balaban J connectivity index is 2.60. The third-order valence-corrected chi connectivity index (χ3v) is 2.94. The minimum atomic E-state index is -0.852. The average Bonchev–Trinajstić information content (AvgIpc) is 2.44. The molecule has 0 spiro atoms. The van der Waals surface area contributed by atoms with Crippen LogP contribution in [0.15, 0.2) is 37.1 Å². The van der Waals surface area contributed by atoms with Crippen molar-refractivity contribution in [1.29, 1.82) is 0 Å². The summed E-state index contributed by atoms with van der Waals surface area (Å²) in [6.45, 7) is 9.13. The Kier molecular flexibility index (Phi) is 5.97. The summed E-state index contributed by atoms with van der Waals surface area (Å²) in [4.78, 5) is 23.1. The van der Waals surface area contributed by atoms with Crippen molar-refractivity contribution in [3.63, 3.8) is 0 Å². The summed E-state index contributed by atoms with van der Waals surface area (Å²) in [5.74, 6) is -0.0578. The van der Waals surface area contributed by atoms with Crippen LogP contribution in [0.1, 0.15) is 42.6 Å². The van der Waals surface area contributed by atoms with Gasteiger partial charge in [-0.1, -0.05) is 51.6 Å². The zero-order chi connectivity index (χ0) is 15.1. The third-order valence-electron chi connectivity index (χ3n) is 2.94. The van der Waals surface area contributed by atoms with Crippen molar-refractivity contribution in [2.45, 2.75) is 26.7 Å². The first-order valence-electron chi connectivity index (χ1n) is 6.54. The first kappa shape index (κ1) is 16.0. The van der Waals surface area contributed by atoms with E-state index in [2.05, 4.69) is 25.2 Å². The number of benzene rings is 1. The zero-order valence-corrected chi connectivity index (χ0v) is 12.1. The van der Waals surface area contributed by atoms with Gasteiger partial charge in [-0.25, -0.2) is 4.79 Å². The van der Waals surface area contributed by atoms with E-state index in [1.54, 1.807) is 19.1 Å². The molecule has 0 aliphatic heterocycles. The van der Waals surface area contributed by atoms with E-state index in [0.717, 1.165) is 6.26 Å². The van der Waals surface area contributed by atoms with Crippen molar-refractivity contribution < 1.29 is 19.1 Å². The van der Waals surface area contributed by atoms with Crippen LogP contribution in [0.5, 0.6) is 0 Å². The molecule has 1 aromatic rings. The van der Waals surface area contributed by atoms with E-state index < -0.39 is 12.1 Å². The van der Waals surface area contributed by atoms with Crippen molar-refractivity contribution in [2.75, 3.05) is 6.61 Å². The second-order valence-corrected chi connectivity index (χ2v) is 4.89. The number of hydrogen-bond donors (Lipinski definition) is 0. The minimum Gasteiger partial charge on any atom is -0.433 e. The van der Waals surface area contributed by atoms with Crippen molar-refractivity contribution >= 4 is 11.9 Å². The summed E-state index contributed by atoms with van der Waals surface area (Å²) in [7, 11) is 0. The van der Waals surface area contributed by atoms with Gasteiger partial charge in [-0.05, 0) is 11.5 Å². The van der Waals surface area contributed by atoms with Crippen LogP contribution in [0.25, 0.3) is 0 Å². The van der Waals surface area contributed by atoms with Crippen molar-refractivity contribution in [1.82, 2.24) is 0 Å². The molecule has 0 bridgehead atoms. The Morgan fingerprint density at radius 1 is 1.20 bits per heavy atom. The van der Waals surface area contributed by atoms with E-state index in [0.29, 0.717) is 11.5 Å². The highest BCUT2D eigenvalue weighted by molar-refractivity contribution is 5.97. The van der Waals surface area contributed by atoms with Crippen molar-refractivity contribution in [3.8, 4) is 0 Å². The molecule has 0 heterocycles. The Labute approximate surface area is 119 Å². The first-order chi connectivity index (χ1) is 9.45. The maximum absolute atomic E-state index is 12.1. The quantitative estimate of drug-likeness (QED) is 0.449. The monoisotopic (exact) mass is 276 g/mol. The van der Waals surface area contributed by atoms with E-state index in [9.17, 15) is 9.59 Å². The highest BCUT2D eigenvalue weighted by Gasteiger charge is 2.17. The molecule has 0 N–H and O–H groups in total. The molecular formula is C16H20O4. The zero-order valence-electron chi connectivity index (χ0n) is 12.1. The maximum Gasteiger partial charge on any atom is 0.513 e. The molecule has 108 valence electrons. The highest BCUT2D eigenvalue weighted by atomic mass is 16.7. The van der Waals surface area contributed by atoms with Gasteiger partial charge in [0, 0.05) is 5.56 Å². The van der Waals surface area contributed by atoms with Gasteiger partial charge in [0.15, 0.2) is 5.78 Å². The van der Waals surface area contributed by atoms with Crippen LogP contribution < -0.4 is 0 Å². The van der Waals surface area contributed by atoms with Crippen LogP contribution in [0.2, 0.25) is 0 Å². The molecule has 1 rings (SSSR count). The third kappa shape index (κ3) is 4.53. The molecule has 0 saturated heterocycles. The molecule has 0 aliphatic carbocycles. The lowest BCUT2D eigenvalue weighted by molar-refractivity contribution is 0.0651. The Morgan fingerprint density at radius 3 is 2.30 bits per heavy atom. The van der Waals surface area contributed by atoms with Crippen molar-refractivity contribution in [2.24, 2.45) is 5.92 Å². The summed E-state index contributed by atoms with van der Waals surface area (Å²) in [5.41, 5.74) is 1.79. The summed E-state index contributed by atoms with van der Waals surface area (Å²) in [6, 6.07) is 7.49. The van der Waals surface area contributed by atoms with Crippen LogP contribution in [0.3, 0.4) is 0 Å². The molecule has 4 nitrogen and oxygen atoms in total. The van der Waals surface area contributed by atoms with Crippen LogP contribution >= 0.6 is 0 Å². The summed E-state index contributed by atoms with van der Waals surface area (Å²) in [6.07, 6.45) is 0.134. The van der Waals surface area contributed by atoms with Crippen LogP contribution in [-0.4, -0.2) is 18.5 Å². The average molecular weight is 276 g/mol. The van der Waals surface area contributed by atoms with E-state index >= 15 is 0 Å². The van der Waals surface area contributed by atoms with Gasteiger partial charge < -0.3 is 9.47 Å². The van der Waals surface area contributed by atoms with Gasteiger partial charge in [0.25, 0.3) is 0 Å². The summed E-state index contributed by atoms with van der Waals surface area (Å²) in [5, 5.41) is 0. The second kappa shape index (κ2) is 7.48. The fourth-order valence-corrected chi connectivity index (χ4v) is 1.69. The topological polar surface area (TPSA) is 52.6 Å². The smallest absolute Gasteiger partial charge is 0.433 e. The number of ketones is 1. The van der Waals surface area contributed by atoms with Gasteiger partial charge >= 0.3 is 6.16 Å². The molecule has 0 radical (unpaired) electrons. The van der Waals surface area contributed by atoms with Crippen LogP contribution in [0, 0.1) is 5.92 Å². The number of Topliss-reactive ketones (excluding diaryl/α,β-unsaturated/α-hetero) is 1. The number of ether oxygens (including phenoxy) is 2. The highest BCUT2D eigenvalue weighted by Crippen LogP contribution is 2.17. The van der Waals surface area contributed by atoms with Crippen LogP contribution in [0.4, 0.5) is 4.79 Å². The maximum atomic E-state index is 12.1. The van der Waals surface area contributed by atoms with Gasteiger partial charge in [0.2, 0.25) is 0 Å². The molecule has 0 amide bonds. The Morgan fingerprint density at radius 2 is 1.80 bits per heavy atom.